The molecule has 0 amide bonds. The van der Waals surface area contributed by atoms with E-state index in [-0.39, 0.29) is 16.3 Å². The second-order valence-electron chi connectivity index (χ2n) is 5.26. The molecule has 1 fully saturated rings. The van der Waals surface area contributed by atoms with Crippen LogP contribution in [0.1, 0.15) is 32.1 Å². The van der Waals surface area contributed by atoms with Crippen molar-refractivity contribution in [3.05, 3.63) is 28.3 Å². The van der Waals surface area contributed by atoms with Crippen molar-refractivity contribution in [3.63, 3.8) is 0 Å². The van der Waals surface area contributed by atoms with E-state index in [1.165, 1.54) is 23.5 Å². The predicted octanol–water partition coefficient (Wildman–Crippen LogP) is 2.56. The Morgan fingerprint density at radius 3 is 2.27 bits per heavy atom. The first kappa shape index (κ1) is 16.7. The van der Waals surface area contributed by atoms with Crippen LogP contribution in [0.25, 0.3) is 0 Å². The minimum Gasteiger partial charge on any atom is -0.490 e. The summed E-state index contributed by atoms with van der Waals surface area (Å²) in [5.74, 6) is 0.0524. The van der Waals surface area contributed by atoms with Crippen molar-refractivity contribution < 1.29 is 18.1 Å². The zero-order chi connectivity index (χ0) is 16.2. The van der Waals surface area contributed by atoms with Crippen LogP contribution in [0.3, 0.4) is 0 Å². The Bertz CT molecular complexity index is 637. The van der Waals surface area contributed by atoms with E-state index in [9.17, 15) is 18.5 Å². The third kappa shape index (κ3) is 3.56. The van der Waals surface area contributed by atoms with Gasteiger partial charge in [0.15, 0.2) is 5.75 Å². The lowest BCUT2D eigenvalue weighted by molar-refractivity contribution is -0.386. The molecule has 1 aliphatic heterocycles. The molecule has 1 aromatic carbocycles. The first-order valence-electron chi connectivity index (χ1n) is 7.29. The number of nitro benzene ring substituents is 1. The fourth-order valence-electron chi connectivity index (χ4n) is 2.58. The predicted molar refractivity (Wildman–Crippen MR) is 81.5 cm³/mol. The van der Waals surface area contributed by atoms with Crippen molar-refractivity contribution in [1.82, 2.24) is 4.31 Å². The number of methoxy groups -OCH3 is 1. The summed E-state index contributed by atoms with van der Waals surface area (Å²) in [6, 6.07) is 3.77. The summed E-state index contributed by atoms with van der Waals surface area (Å²) >= 11 is 0. The third-order valence-electron chi connectivity index (χ3n) is 3.80. The summed E-state index contributed by atoms with van der Waals surface area (Å²) in [6.45, 7) is 0.921. The first-order valence-corrected chi connectivity index (χ1v) is 8.73. The van der Waals surface area contributed by atoms with Gasteiger partial charge in [0, 0.05) is 19.2 Å². The standard InChI is InChI=1S/C14H20N2O5S/c1-21-14-8-7-12(11-13(14)16(17)18)22(19,20)15-9-5-3-2-4-6-10-15/h7-8,11H,2-6,9-10H2,1H3. The van der Waals surface area contributed by atoms with Crippen molar-refractivity contribution >= 4 is 15.7 Å². The van der Waals surface area contributed by atoms with Crippen molar-refractivity contribution in [2.75, 3.05) is 20.2 Å². The maximum atomic E-state index is 12.7. The molecule has 0 N–H and O–H groups in total. The highest BCUT2D eigenvalue weighted by atomic mass is 32.2. The maximum Gasteiger partial charge on any atom is 0.312 e. The fourth-order valence-corrected chi connectivity index (χ4v) is 4.12. The highest BCUT2D eigenvalue weighted by Gasteiger charge is 2.27. The van der Waals surface area contributed by atoms with Crippen LogP contribution in [0.2, 0.25) is 0 Å². The van der Waals surface area contributed by atoms with Crippen LogP contribution in [-0.2, 0) is 10.0 Å². The van der Waals surface area contributed by atoms with Gasteiger partial charge in [0.05, 0.1) is 16.9 Å². The number of rotatable bonds is 4. The smallest absolute Gasteiger partial charge is 0.312 e. The topological polar surface area (TPSA) is 89.8 Å². The van der Waals surface area contributed by atoms with Gasteiger partial charge in [-0.15, -0.1) is 0 Å². The minimum absolute atomic E-state index is 0.0524. The lowest BCUT2D eigenvalue weighted by Crippen LogP contribution is -2.33. The van der Waals surface area contributed by atoms with Crippen molar-refractivity contribution in [2.24, 2.45) is 0 Å². The number of sulfonamides is 1. The summed E-state index contributed by atoms with van der Waals surface area (Å²) in [5, 5.41) is 11.1. The van der Waals surface area contributed by atoms with E-state index in [0.29, 0.717) is 13.1 Å². The molecule has 1 aliphatic rings. The number of ether oxygens (including phenoxy) is 1. The second kappa shape index (κ2) is 7.06. The van der Waals surface area contributed by atoms with Gasteiger partial charge in [0.1, 0.15) is 0 Å². The molecule has 7 nitrogen and oxygen atoms in total. The van der Waals surface area contributed by atoms with Crippen LogP contribution in [0.5, 0.6) is 5.75 Å². The largest absolute Gasteiger partial charge is 0.490 e. The Morgan fingerprint density at radius 1 is 1.14 bits per heavy atom. The Labute approximate surface area is 130 Å². The molecule has 0 unspecified atom stereocenters. The van der Waals surface area contributed by atoms with Crippen molar-refractivity contribution in [3.8, 4) is 5.75 Å². The molecular weight excluding hydrogens is 308 g/mol. The van der Waals surface area contributed by atoms with Gasteiger partial charge in [-0.05, 0) is 25.0 Å². The van der Waals surface area contributed by atoms with E-state index in [2.05, 4.69) is 0 Å². The molecule has 0 bridgehead atoms. The minimum atomic E-state index is -3.71. The van der Waals surface area contributed by atoms with Gasteiger partial charge in [-0.3, -0.25) is 10.1 Å². The molecule has 0 aliphatic carbocycles. The van der Waals surface area contributed by atoms with Gasteiger partial charge in [-0.1, -0.05) is 19.3 Å². The molecule has 0 saturated carbocycles. The second-order valence-corrected chi connectivity index (χ2v) is 7.20. The zero-order valence-electron chi connectivity index (χ0n) is 12.5. The number of hydrogen-bond acceptors (Lipinski definition) is 5. The average Bonchev–Trinajstić information content (AvgIpc) is 2.45. The molecule has 122 valence electrons. The van der Waals surface area contributed by atoms with Crippen LogP contribution in [0.4, 0.5) is 5.69 Å². The highest BCUT2D eigenvalue weighted by Crippen LogP contribution is 2.31. The van der Waals surface area contributed by atoms with Crippen molar-refractivity contribution in [2.45, 2.75) is 37.0 Å². The van der Waals surface area contributed by atoms with E-state index in [4.69, 9.17) is 4.74 Å². The molecule has 0 atom stereocenters. The summed E-state index contributed by atoms with van der Waals surface area (Å²) in [4.78, 5) is 10.4. The van der Waals surface area contributed by atoms with Gasteiger partial charge in [0.25, 0.3) is 0 Å². The third-order valence-corrected chi connectivity index (χ3v) is 5.69. The van der Waals surface area contributed by atoms with Gasteiger partial charge < -0.3 is 4.74 Å². The molecule has 1 aromatic rings. The maximum absolute atomic E-state index is 12.7. The van der Waals surface area contributed by atoms with E-state index in [0.717, 1.165) is 38.2 Å². The van der Waals surface area contributed by atoms with Gasteiger partial charge in [-0.2, -0.15) is 4.31 Å². The molecule has 0 aromatic heterocycles. The van der Waals surface area contributed by atoms with Gasteiger partial charge in [0.2, 0.25) is 10.0 Å². The Kier molecular flexibility index (Phi) is 5.36. The number of nitro groups is 1. The molecule has 0 spiro atoms. The summed E-state index contributed by atoms with van der Waals surface area (Å²) in [6.07, 6.45) is 4.78. The van der Waals surface area contributed by atoms with Gasteiger partial charge >= 0.3 is 5.69 Å². The van der Waals surface area contributed by atoms with E-state index in [1.54, 1.807) is 0 Å². The SMILES string of the molecule is COc1ccc(S(=O)(=O)N2CCCCCCC2)cc1[N+](=O)[O-]. The summed E-state index contributed by atoms with van der Waals surface area (Å²) < 4.78 is 31.7. The summed E-state index contributed by atoms with van der Waals surface area (Å²) in [7, 11) is -2.39. The van der Waals surface area contributed by atoms with Gasteiger partial charge in [-0.25, -0.2) is 8.42 Å². The van der Waals surface area contributed by atoms with E-state index < -0.39 is 14.9 Å². The Morgan fingerprint density at radius 2 is 1.73 bits per heavy atom. The lowest BCUT2D eigenvalue weighted by atomic mass is 10.1. The number of benzene rings is 1. The van der Waals surface area contributed by atoms with E-state index in [1.807, 2.05) is 0 Å². The van der Waals surface area contributed by atoms with Crippen LogP contribution >= 0.6 is 0 Å². The van der Waals surface area contributed by atoms with E-state index >= 15 is 0 Å². The number of nitrogens with zero attached hydrogens (tertiary/aromatic N) is 2. The Balaban J connectivity index is 2.35. The molecule has 1 heterocycles. The molecule has 0 radical (unpaired) electrons. The number of hydrogen-bond donors (Lipinski definition) is 0. The monoisotopic (exact) mass is 328 g/mol. The fraction of sp³-hybridized carbons (Fsp3) is 0.571. The zero-order valence-corrected chi connectivity index (χ0v) is 13.3. The molecule has 1 saturated heterocycles. The molecular formula is C14H20N2O5S. The lowest BCUT2D eigenvalue weighted by Gasteiger charge is -2.24. The quantitative estimate of drug-likeness (QED) is 0.626. The highest BCUT2D eigenvalue weighted by molar-refractivity contribution is 7.89. The first-order chi connectivity index (χ1) is 10.5. The molecule has 2 rings (SSSR count). The molecule has 22 heavy (non-hydrogen) atoms. The summed E-state index contributed by atoms with van der Waals surface area (Å²) in [5.41, 5.74) is -0.337. The normalized spacial score (nSPS) is 17.5. The van der Waals surface area contributed by atoms with Crippen LogP contribution < -0.4 is 4.74 Å². The van der Waals surface area contributed by atoms with Crippen LogP contribution in [0, 0.1) is 10.1 Å². The van der Waals surface area contributed by atoms with Crippen molar-refractivity contribution in [1.29, 1.82) is 0 Å². The Hall–Kier alpha value is -1.67. The molecule has 8 heteroatoms. The van der Waals surface area contributed by atoms with Crippen LogP contribution in [-0.4, -0.2) is 37.8 Å². The van der Waals surface area contributed by atoms with Crippen LogP contribution in [0.15, 0.2) is 23.1 Å². The average molecular weight is 328 g/mol.